The van der Waals surface area contributed by atoms with Gasteiger partial charge in [0.1, 0.15) is 6.61 Å². The molecule has 0 aliphatic heterocycles. The summed E-state index contributed by atoms with van der Waals surface area (Å²) in [6.07, 6.45) is 0. The van der Waals surface area contributed by atoms with Gasteiger partial charge >= 0.3 is 11.7 Å². The van der Waals surface area contributed by atoms with Crippen LogP contribution in [0.5, 0.6) is 5.75 Å². The third-order valence-corrected chi connectivity index (χ3v) is 2.03. The highest BCUT2D eigenvalue weighted by molar-refractivity contribution is 5.88. The summed E-state index contributed by atoms with van der Waals surface area (Å²) in [5, 5.41) is 10.7. The zero-order valence-corrected chi connectivity index (χ0v) is 9.92. The SMILES string of the molecule is C=C(COc1ccccc1[N+](=O)[O-])C(=O)OCC. The normalized spacial score (nSPS) is 9.61. The molecule has 6 heteroatoms. The van der Waals surface area contributed by atoms with Gasteiger partial charge in [-0.3, -0.25) is 10.1 Å². The second-order valence-electron chi connectivity index (χ2n) is 3.34. The zero-order valence-electron chi connectivity index (χ0n) is 9.92. The lowest BCUT2D eigenvalue weighted by molar-refractivity contribution is -0.385. The van der Waals surface area contributed by atoms with E-state index >= 15 is 0 Å². The Balaban J connectivity index is 2.66. The summed E-state index contributed by atoms with van der Waals surface area (Å²) in [6, 6.07) is 5.92. The van der Waals surface area contributed by atoms with Crippen molar-refractivity contribution in [3.63, 3.8) is 0 Å². The van der Waals surface area contributed by atoms with Gasteiger partial charge in [-0.05, 0) is 13.0 Å². The van der Waals surface area contributed by atoms with Gasteiger partial charge in [-0.1, -0.05) is 18.7 Å². The Kier molecular flexibility index (Phi) is 4.86. The van der Waals surface area contributed by atoms with Crippen LogP contribution in [0, 0.1) is 10.1 Å². The van der Waals surface area contributed by atoms with Crippen molar-refractivity contribution in [2.24, 2.45) is 0 Å². The number of para-hydroxylation sites is 2. The lowest BCUT2D eigenvalue weighted by atomic mass is 10.3. The summed E-state index contributed by atoms with van der Waals surface area (Å²) < 4.78 is 9.90. The van der Waals surface area contributed by atoms with E-state index in [-0.39, 0.29) is 30.2 Å². The molecule has 1 aromatic rings. The Morgan fingerprint density at radius 2 is 2.11 bits per heavy atom. The number of benzene rings is 1. The fourth-order valence-electron chi connectivity index (χ4n) is 1.19. The Morgan fingerprint density at radius 3 is 2.72 bits per heavy atom. The first-order valence-corrected chi connectivity index (χ1v) is 5.27. The summed E-state index contributed by atoms with van der Waals surface area (Å²) in [5.74, 6) is -0.482. The van der Waals surface area contributed by atoms with Crippen molar-refractivity contribution in [3.05, 3.63) is 46.5 Å². The van der Waals surface area contributed by atoms with E-state index in [0.717, 1.165) is 0 Å². The molecule has 0 aliphatic carbocycles. The van der Waals surface area contributed by atoms with E-state index in [1.54, 1.807) is 13.0 Å². The molecule has 0 spiro atoms. The van der Waals surface area contributed by atoms with Crippen LogP contribution in [-0.2, 0) is 9.53 Å². The minimum atomic E-state index is -0.573. The molecule has 0 saturated carbocycles. The number of ether oxygens (including phenoxy) is 2. The van der Waals surface area contributed by atoms with E-state index in [2.05, 4.69) is 6.58 Å². The van der Waals surface area contributed by atoms with Gasteiger partial charge < -0.3 is 9.47 Å². The van der Waals surface area contributed by atoms with E-state index in [1.165, 1.54) is 18.2 Å². The van der Waals surface area contributed by atoms with Crippen LogP contribution < -0.4 is 4.74 Å². The second kappa shape index (κ2) is 6.39. The molecule has 0 aromatic heterocycles. The summed E-state index contributed by atoms with van der Waals surface area (Å²) >= 11 is 0. The van der Waals surface area contributed by atoms with Gasteiger partial charge in [0.05, 0.1) is 17.1 Å². The van der Waals surface area contributed by atoms with Crippen LogP contribution in [0.25, 0.3) is 0 Å². The fourth-order valence-corrected chi connectivity index (χ4v) is 1.19. The topological polar surface area (TPSA) is 78.7 Å². The lowest BCUT2D eigenvalue weighted by Crippen LogP contribution is -2.13. The smallest absolute Gasteiger partial charge is 0.336 e. The van der Waals surface area contributed by atoms with Crippen molar-refractivity contribution < 1.29 is 19.2 Å². The summed E-state index contributed by atoms with van der Waals surface area (Å²) in [4.78, 5) is 21.4. The molecule has 0 fully saturated rings. The van der Waals surface area contributed by atoms with E-state index in [9.17, 15) is 14.9 Å². The quantitative estimate of drug-likeness (QED) is 0.335. The van der Waals surface area contributed by atoms with E-state index in [1.807, 2.05) is 0 Å². The minimum Gasteiger partial charge on any atom is -0.482 e. The van der Waals surface area contributed by atoms with E-state index < -0.39 is 10.9 Å². The van der Waals surface area contributed by atoms with Crippen molar-refractivity contribution >= 4 is 11.7 Å². The van der Waals surface area contributed by atoms with Crippen LogP contribution in [0.3, 0.4) is 0 Å². The number of hydrogen-bond donors (Lipinski definition) is 0. The Morgan fingerprint density at radius 1 is 1.44 bits per heavy atom. The maximum atomic E-state index is 11.2. The molecule has 0 radical (unpaired) electrons. The van der Waals surface area contributed by atoms with Crippen LogP contribution in [0.15, 0.2) is 36.4 Å². The molecule has 0 heterocycles. The zero-order chi connectivity index (χ0) is 13.5. The molecular weight excluding hydrogens is 238 g/mol. The molecule has 0 saturated heterocycles. The van der Waals surface area contributed by atoms with Gasteiger partial charge in [0.15, 0.2) is 5.75 Å². The number of rotatable bonds is 6. The molecule has 18 heavy (non-hydrogen) atoms. The number of nitro benzene ring substituents is 1. The Bertz CT molecular complexity index is 469. The molecule has 0 atom stereocenters. The number of hydrogen-bond acceptors (Lipinski definition) is 5. The van der Waals surface area contributed by atoms with Gasteiger partial charge in [0.25, 0.3) is 0 Å². The highest BCUT2D eigenvalue weighted by atomic mass is 16.6. The van der Waals surface area contributed by atoms with Crippen LogP contribution in [0.2, 0.25) is 0 Å². The largest absolute Gasteiger partial charge is 0.482 e. The third-order valence-electron chi connectivity index (χ3n) is 2.03. The van der Waals surface area contributed by atoms with Crippen molar-refractivity contribution in [2.45, 2.75) is 6.92 Å². The molecule has 0 bridgehead atoms. The van der Waals surface area contributed by atoms with Gasteiger partial charge in [-0.25, -0.2) is 4.79 Å². The molecule has 1 aromatic carbocycles. The number of nitrogens with zero attached hydrogens (tertiary/aromatic N) is 1. The molecule has 0 amide bonds. The molecule has 1 rings (SSSR count). The van der Waals surface area contributed by atoms with Gasteiger partial charge in [-0.15, -0.1) is 0 Å². The van der Waals surface area contributed by atoms with Crippen molar-refractivity contribution in [1.82, 2.24) is 0 Å². The van der Waals surface area contributed by atoms with Crippen molar-refractivity contribution in [2.75, 3.05) is 13.2 Å². The van der Waals surface area contributed by atoms with Crippen LogP contribution >= 0.6 is 0 Å². The molecule has 0 unspecified atom stereocenters. The third kappa shape index (κ3) is 3.58. The number of nitro groups is 1. The van der Waals surface area contributed by atoms with E-state index in [0.29, 0.717) is 0 Å². The first-order valence-electron chi connectivity index (χ1n) is 5.27. The van der Waals surface area contributed by atoms with Crippen LogP contribution in [-0.4, -0.2) is 24.1 Å². The number of carbonyl (C=O) groups is 1. The van der Waals surface area contributed by atoms with Gasteiger partial charge in [-0.2, -0.15) is 0 Å². The van der Waals surface area contributed by atoms with Crippen molar-refractivity contribution in [3.8, 4) is 5.75 Å². The Hall–Kier alpha value is -2.37. The highest BCUT2D eigenvalue weighted by Gasteiger charge is 2.15. The first-order chi connectivity index (χ1) is 8.56. The summed E-state index contributed by atoms with van der Waals surface area (Å²) in [7, 11) is 0. The standard InChI is InChI=1S/C12H13NO5/c1-3-17-12(14)9(2)8-18-11-7-5-4-6-10(11)13(15)16/h4-7H,2-3,8H2,1H3. The predicted molar refractivity (Wildman–Crippen MR) is 64.4 cm³/mol. The average Bonchev–Trinajstić information content (AvgIpc) is 2.36. The second-order valence-corrected chi connectivity index (χ2v) is 3.34. The van der Waals surface area contributed by atoms with Crippen LogP contribution in [0.4, 0.5) is 5.69 Å². The average molecular weight is 251 g/mol. The fraction of sp³-hybridized carbons (Fsp3) is 0.250. The van der Waals surface area contributed by atoms with Crippen LogP contribution in [0.1, 0.15) is 6.92 Å². The van der Waals surface area contributed by atoms with E-state index in [4.69, 9.17) is 9.47 Å². The molecular formula is C12H13NO5. The van der Waals surface area contributed by atoms with Gasteiger partial charge in [0, 0.05) is 6.07 Å². The first kappa shape index (κ1) is 13.7. The maximum Gasteiger partial charge on any atom is 0.336 e. The predicted octanol–water partition coefficient (Wildman–Crippen LogP) is 2.09. The molecule has 6 nitrogen and oxygen atoms in total. The van der Waals surface area contributed by atoms with Gasteiger partial charge in [0.2, 0.25) is 0 Å². The summed E-state index contributed by atoms with van der Waals surface area (Å²) in [5.41, 5.74) is -0.0517. The maximum absolute atomic E-state index is 11.2. The minimum absolute atomic E-state index is 0.0907. The monoisotopic (exact) mass is 251 g/mol. The van der Waals surface area contributed by atoms with Crippen molar-refractivity contribution in [1.29, 1.82) is 0 Å². The Labute approximate surface area is 104 Å². The highest BCUT2D eigenvalue weighted by Crippen LogP contribution is 2.26. The molecule has 0 N–H and O–H groups in total. The number of esters is 1. The summed E-state index contributed by atoms with van der Waals surface area (Å²) in [6.45, 7) is 5.26. The number of carbonyl (C=O) groups excluding carboxylic acids is 1. The lowest BCUT2D eigenvalue weighted by Gasteiger charge is -2.08. The molecule has 0 aliphatic rings. The molecule has 96 valence electrons.